The summed E-state index contributed by atoms with van der Waals surface area (Å²) in [6.07, 6.45) is 3.51. The Kier molecular flexibility index (Phi) is 4.97. The van der Waals surface area contributed by atoms with Gasteiger partial charge in [-0.25, -0.2) is 0 Å². The second-order valence-electron chi connectivity index (χ2n) is 8.26. The number of nitrogens with zero attached hydrogens (tertiary/aromatic N) is 1. The first-order chi connectivity index (χ1) is 14.3. The molecule has 0 radical (unpaired) electrons. The zero-order valence-electron chi connectivity index (χ0n) is 16.7. The molecule has 146 valence electrons. The van der Waals surface area contributed by atoms with Gasteiger partial charge >= 0.3 is 0 Å². The molecule has 3 heteroatoms. The highest BCUT2D eigenvalue weighted by atomic mass is 31.2. The van der Waals surface area contributed by atoms with E-state index in [2.05, 4.69) is 95.9 Å². The second kappa shape index (κ2) is 7.76. The van der Waals surface area contributed by atoms with E-state index < -0.39 is 7.26 Å². The van der Waals surface area contributed by atoms with Gasteiger partial charge in [0.15, 0.2) is 5.66 Å². The maximum Gasteiger partial charge on any atom is 0.264 e. The van der Waals surface area contributed by atoms with Crippen LogP contribution in [0.15, 0.2) is 91.0 Å². The lowest BCUT2D eigenvalue weighted by Crippen LogP contribution is -2.43. The molecule has 1 heterocycles. The van der Waals surface area contributed by atoms with Crippen LogP contribution in [0.25, 0.3) is 0 Å². The van der Waals surface area contributed by atoms with Crippen LogP contribution < -0.4 is 15.9 Å². The van der Waals surface area contributed by atoms with Crippen LogP contribution >= 0.6 is 7.26 Å². The van der Waals surface area contributed by atoms with Crippen molar-refractivity contribution in [3.63, 3.8) is 0 Å². The molecule has 3 aromatic rings. The maximum absolute atomic E-state index is 13.8. The summed E-state index contributed by atoms with van der Waals surface area (Å²) >= 11 is 0. The number of rotatable bonds is 6. The fourth-order valence-corrected chi connectivity index (χ4v) is 9.75. The van der Waals surface area contributed by atoms with E-state index in [4.69, 9.17) is 0 Å². The van der Waals surface area contributed by atoms with Crippen molar-refractivity contribution in [2.24, 2.45) is 5.92 Å². The number of hydrogen-bond acceptors (Lipinski definition) is 1. The summed E-state index contributed by atoms with van der Waals surface area (Å²) in [6, 6.07) is 32.4. The first-order valence-corrected chi connectivity index (χ1v) is 12.5. The molecule has 29 heavy (non-hydrogen) atoms. The smallest absolute Gasteiger partial charge is 0.264 e. The number of carbonyl (C=O) groups is 1. The third-order valence-corrected chi connectivity index (χ3v) is 11.2. The normalized spacial score (nSPS) is 19.5. The van der Waals surface area contributed by atoms with Crippen LogP contribution in [0, 0.1) is 5.92 Å². The van der Waals surface area contributed by atoms with E-state index in [0.29, 0.717) is 5.91 Å². The number of hydrogen-bond donors (Lipinski definition) is 0. The summed E-state index contributed by atoms with van der Waals surface area (Å²) in [6.45, 7) is 1.85. The largest absolute Gasteiger partial charge is 0.339 e. The van der Waals surface area contributed by atoms with Crippen LogP contribution in [-0.2, 0) is 4.79 Å². The van der Waals surface area contributed by atoms with Gasteiger partial charge in [-0.1, -0.05) is 54.6 Å². The first kappa shape index (κ1) is 18.6. The van der Waals surface area contributed by atoms with Gasteiger partial charge in [0.25, 0.3) is 5.91 Å². The summed E-state index contributed by atoms with van der Waals surface area (Å²) in [5.41, 5.74) is 0.0217. The Bertz CT molecular complexity index is 873. The van der Waals surface area contributed by atoms with Gasteiger partial charge in [0, 0.05) is 19.5 Å². The molecule has 0 spiro atoms. The fourth-order valence-electron chi connectivity index (χ4n) is 4.85. The Labute approximate surface area is 173 Å². The van der Waals surface area contributed by atoms with Gasteiger partial charge < -0.3 is 4.90 Å². The molecule has 1 unspecified atom stereocenters. The maximum atomic E-state index is 13.8. The summed E-state index contributed by atoms with van der Waals surface area (Å²) in [7, 11) is -2.11. The lowest BCUT2D eigenvalue weighted by molar-refractivity contribution is -0.127. The first-order valence-electron chi connectivity index (χ1n) is 10.6. The van der Waals surface area contributed by atoms with E-state index in [1.165, 1.54) is 28.8 Å². The third-order valence-electron chi connectivity index (χ3n) is 6.40. The molecule has 2 nitrogen and oxygen atoms in total. The monoisotopic (exact) mass is 400 g/mol. The average Bonchev–Trinajstić information content (AvgIpc) is 3.54. The molecule has 1 atom stereocenters. The van der Waals surface area contributed by atoms with Gasteiger partial charge in [-0.3, -0.25) is 4.79 Å². The van der Waals surface area contributed by atoms with Gasteiger partial charge in [-0.05, 0) is 55.2 Å². The van der Waals surface area contributed by atoms with Crippen LogP contribution in [0.5, 0.6) is 0 Å². The lowest BCUT2D eigenvalue weighted by atomic mass is 10.3. The molecule has 1 saturated carbocycles. The van der Waals surface area contributed by atoms with Crippen LogP contribution in [-0.4, -0.2) is 29.6 Å². The SMILES string of the molecule is O=C1C([P+](c2ccccc2)(c2ccccc2)c2ccccc2)CCN1CC1CC1. The van der Waals surface area contributed by atoms with Crippen molar-refractivity contribution in [1.82, 2.24) is 4.90 Å². The topological polar surface area (TPSA) is 20.3 Å². The molecule has 1 aliphatic carbocycles. The molecule has 3 aromatic carbocycles. The summed E-state index contributed by atoms with van der Waals surface area (Å²) in [4.78, 5) is 15.9. The highest BCUT2D eigenvalue weighted by Gasteiger charge is 2.58. The minimum atomic E-state index is -2.11. The highest BCUT2D eigenvalue weighted by molar-refractivity contribution is 7.96. The number of carbonyl (C=O) groups excluding carboxylic acids is 1. The number of likely N-dealkylation sites (tertiary alicyclic amines) is 1. The summed E-state index contributed by atoms with van der Waals surface area (Å²) < 4.78 is 0. The summed E-state index contributed by atoms with van der Waals surface area (Å²) in [5, 5.41) is 3.93. The molecule has 1 saturated heterocycles. The average molecular weight is 400 g/mol. The van der Waals surface area contributed by atoms with Crippen molar-refractivity contribution >= 4 is 29.1 Å². The van der Waals surface area contributed by atoms with Crippen LogP contribution in [0.4, 0.5) is 0 Å². The molecule has 5 rings (SSSR count). The Morgan fingerprint density at radius 1 is 0.690 bits per heavy atom. The fraction of sp³-hybridized carbons (Fsp3) is 0.269. The lowest BCUT2D eigenvalue weighted by Gasteiger charge is -2.32. The predicted octanol–water partition coefficient (Wildman–Crippen LogP) is 3.99. The molecule has 1 amide bonds. The van der Waals surface area contributed by atoms with E-state index >= 15 is 0 Å². The van der Waals surface area contributed by atoms with Crippen molar-refractivity contribution in [2.75, 3.05) is 13.1 Å². The van der Waals surface area contributed by atoms with Crippen molar-refractivity contribution < 1.29 is 4.79 Å². The Morgan fingerprint density at radius 3 is 1.55 bits per heavy atom. The quantitative estimate of drug-likeness (QED) is 0.573. The Hall–Kier alpha value is -2.44. The molecule has 1 aliphatic heterocycles. The molecular weight excluding hydrogens is 373 g/mol. The van der Waals surface area contributed by atoms with Crippen molar-refractivity contribution in [1.29, 1.82) is 0 Å². The molecule has 0 aromatic heterocycles. The standard InChI is InChI=1S/C26H27NOP/c28-26-25(18-19-27(26)20-21-16-17-21)29(22-10-4-1-5-11-22,23-12-6-2-7-13-23)24-14-8-3-9-15-24/h1-15,21,25H,16-20H2/q+1. The van der Waals surface area contributed by atoms with Gasteiger partial charge in [0.1, 0.15) is 23.2 Å². The second-order valence-corrected chi connectivity index (χ2v) is 11.9. The third kappa shape index (κ3) is 3.30. The molecule has 2 aliphatic rings. The molecule has 2 fully saturated rings. The van der Waals surface area contributed by atoms with Crippen LogP contribution in [0.2, 0.25) is 0 Å². The van der Waals surface area contributed by atoms with Gasteiger partial charge in [-0.2, -0.15) is 0 Å². The van der Waals surface area contributed by atoms with Crippen molar-refractivity contribution in [2.45, 2.75) is 24.9 Å². The minimum absolute atomic E-state index is 0.0217. The van der Waals surface area contributed by atoms with E-state index in [1.54, 1.807) is 0 Å². The molecule has 0 bridgehead atoms. The molecular formula is C26H27NOP+. The van der Waals surface area contributed by atoms with Gasteiger partial charge in [0.2, 0.25) is 0 Å². The highest BCUT2D eigenvalue weighted by Crippen LogP contribution is 2.62. The Balaban J connectivity index is 1.71. The number of amides is 1. The summed E-state index contributed by atoms with van der Waals surface area (Å²) in [5.74, 6) is 1.09. The van der Waals surface area contributed by atoms with E-state index in [-0.39, 0.29) is 5.66 Å². The van der Waals surface area contributed by atoms with Gasteiger partial charge in [0.05, 0.1) is 0 Å². The van der Waals surface area contributed by atoms with Crippen LogP contribution in [0.3, 0.4) is 0 Å². The van der Waals surface area contributed by atoms with Crippen molar-refractivity contribution in [3.05, 3.63) is 91.0 Å². The zero-order valence-corrected chi connectivity index (χ0v) is 17.5. The zero-order chi connectivity index (χ0) is 19.7. The van der Waals surface area contributed by atoms with Crippen molar-refractivity contribution in [3.8, 4) is 0 Å². The molecule has 0 N–H and O–H groups in total. The van der Waals surface area contributed by atoms with E-state index in [9.17, 15) is 4.79 Å². The van der Waals surface area contributed by atoms with Gasteiger partial charge in [-0.15, -0.1) is 0 Å². The number of benzene rings is 3. The van der Waals surface area contributed by atoms with Crippen LogP contribution in [0.1, 0.15) is 19.3 Å². The van der Waals surface area contributed by atoms with E-state index in [1.807, 2.05) is 0 Å². The minimum Gasteiger partial charge on any atom is -0.339 e. The predicted molar refractivity (Wildman–Crippen MR) is 123 cm³/mol. The van der Waals surface area contributed by atoms with E-state index in [0.717, 1.165) is 25.4 Å². The Morgan fingerprint density at radius 2 is 1.14 bits per heavy atom.